The summed E-state index contributed by atoms with van der Waals surface area (Å²) in [5, 5.41) is 0. The van der Waals surface area contributed by atoms with Gasteiger partial charge in [0.15, 0.2) is 0 Å². The van der Waals surface area contributed by atoms with E-state index in [9.17, 15) is 0 Å². The first-order valence-corrected chi connectivity index (χ1v) is 3.94. The Morgan fingerprint density at radius 2 is 2.42 bits per heavy atom. The molecule has 0 bridgehead atoms. The van der Waals surface area contributed by atoms with E-state index in [-0.39, 0.29) is 0 Å². The molecule has 1 aromatic rings. The normalized spacial score (nSPS) is 8.83. The summed E-state index contributed by atoms with van der Waals surface area (Å²) in [5.41, 5.74) is 7.47. The molecule has 0 aliphatic heterocycles. The van der Waals surface area contributed by atoms with E-state index in [2.05, 4.69) is 16.8 Å². The van der Waals surface area contributed by atoms with Crippen LogP contribution in [0.3, 0.4) is 0 Å². The Balaban J connectivity index is 2.77. The molecule has 0 aliphatic rings. The highest BCUT2D eigenvalue weighted by molar-refractivity contribution is 5.37. The van der Waals surface area contributed by atoms with Crippen molar-refractivity contribution < 1.29 is 0 Å². The second-order valence-corrected chi connectivity index (χ2v) is 2.53. The Kier molecular flexibility index (Phi) is 3.31. The topological polar surface area (TPSA) is 38.9 Å². The summed E-state index contributed by atoms with van der Waals surface area (Å²) in [6, 6.07) is 1.95. The van der Waals surface area contributed by atoms with Crippen LogP contribution in [-0.2, 0) is 0 Å². The second kappa shape index (κ2) is 4.53. The minimum absolute atomic E-state index is 0.617. The van der Waals surface area contributed by atoms with Crippen LogP contribution in [0.15, 0.2) is 18.5 Å². The van der Waals surface area contributed by atoms with E-state index in [1.54, 1.807) is 12.4 Å². The van der Waals surface area contributed by atoms with Gasteiger partial charge in [-0.15, -0.1) is 0 Å². The minimum Gasteiger partial charge on any atom is -0.330 e. The third-order valence-electron chi connectivity index (χ3n) is 1.53. The maximum Gasteiger partial charge on any atom is 0.0457 e. The second-order valence-electron chi connectivity index (χ2n) is 2.53. The van der Waals surface area contributed by atoms with Gasteiger partial charge in [-0.05, 0) is 18.6 Å². The predicted molar refractivity (Wildman–Crippen MR) is 49.5 cm³/mol. The van der Waals surface area contributed by atoms with Crippen LogP contribution in [0.25, 0.3) is 0 Å². The molecule has 1 heterocycles. The first-order chi connectivity index (χ1) is 5.84. The molecule has 1 rings (SSSR count). The van der Waals surface area contributed by atoms with Crippen LogP contribution < -0.4 is 5.73 Å². The van der Waals surface area contributed by atoms with Gasteiger partial charge in [0, 0.05) is 30.9 Å². The van der Waals surface area contributed by atoms with Gasteiger partial charge in [0.05, 0.1) is 0 Å². The van der Waals surface area contributed by atoms with Crippen molar-refractivity contribution in [1.29, 1.82) is 0 Å². The highest BCUT2D eigenvalue weighted by Crippen LogP contribution is 2.01. The molecule has 2 N–H and O–H groups in total. The van der Waals surface area contributed by atoms with Crippen LogP contribution in [0.2, 0.25) is 0 Å². The zero-order valence-corrected chi connectivity index (χ0v) is 7.17. The van der Waals surface area contributed by atoms with E-state index in [0.29, 0.717) is 6.54 Å². The van der Waals surface area contributed by atoms with E-state index in [4.69, 9.17) is 5.73 Å². The highest BCUT2D eigenvalue weighted by atomic mass is 14.6. The molecule has 1 aromatic heterocycles. The van der Waals surface area contributed by atoms with E-state index >= 15 is 0 Å². The van der Waals surface area contributed by atoms with Crippen molar-refractivity contribution in [2.24, 2.45) is 5.73 Å². The molecule has 0 aromatic carbocycles. The van der Waals surface area contributed by atoms with Gasteiger partial charge >= 0.3 is 0 Å². The van der Waals surface area contributed by atoms with Crippen molar-refractivity contribution in [1.82, 2.24) is 4.98 Å². The quantitative estimate of drug-likeness (QED) is 0.624. The lowest BCUT2D eigenvalue weighted by atomic mass is 10.2. The van der Waals surface area contributed by atoms with Crippen LogP contribution in [0.5, 0.6) is 0 Å². The Morgan fingerprint density at radius 1 is 1.58 bits per heavy atom. The molecule has 0 spiro atoms. The van der Waals surface area contributed by atoms with Crippen molar-refractivity contribution in [2.45, 2.75) is 13.3 Å². The monoisotopic (exact) mass is 160 g/mol. The van der Waals surface area contributed by atoms with Crippen molar-refractivity contribution in [3.8, 4) is 11.8 Å². The largest absolute Gasteiger partial charge is 0.330 e. The van der Waals surface area contributed by atoms with Crippen LogP contribution in [0.4, 0.5) is 0 Å². The first kappa shape index (κ1) is 8.76. The van der Waals surface area contributed by atoms with Crippen LogP contribution in [-0.4, -0.2) is 11.5 Å². The summed E-state index contributed by atoms with van der Waals surface area (Å²) >= 11 is 0. The molecule has 62 valence electrons. The highest BCUT2D eigenvalue weighted by Gasteiger charge is 1.90. The minimum atomic E-state index is 0.617. The molecule has 2 heteroatoms. The molecule has 0 saturated heterocycles. The van der Waals surface area contributed by atoms with Gasteiger partial charge in [0.2, 0.25) is 0 Å². The zero-order valence-electron chi connectivity index (χ0n) is 7.17. The molecule has 2 nitrogen and oxygen atoms in total. The number of rotatable bonds is 1. The van der Waals surface area contributed by atoms with Gasteiger partial charge in [-0.2, -0.15) is 0 Å². The molecule has 0 fully saturated rings. The molecule has 0 atom stereocenters. The van der Waals surface area contributed by atoms with Crippen LogP contribution >= 0.6 is 0 Å². The molecule has 0 radical (unpaired) electrons. The summed E-state index contributed by atoms with van der Waals surface area (Å²) in [6.45, 7) is 2.64. The smallest absolute Gasteiger partial charge is 0.0457 e. The number of hydrogen-bond acceptors (Lipinski definition) is 2. The zero-order chi connectivity index (χ0) is 8.81. The SMILES string of the molecule is Cc1ccncc1C#CCCN. The van der Waals surface area contributed by atoms with E-state index in [1.807, 2.05) is 13.0 Å². The lowest BCUT2D eigenvalue weighted by molar-refractivity contribution is 1.03. The third kappa shape index (κ3) is 2.37. The fourth-order valence-electron chi connectivity index (χ4n) is 0.825. The molecular weight excluding hydrogens is 148 g/mol. The number of aromatic nitrogens is 1. The lowest BCUT2D eigenvalue weighted by Crippen LogP contribution is -1.95. The fraction of sp³-hybridized carbons (Fsp3) is 0.300. The standard InChI is InChI=1S/C10H12N2/c1-9-5-7-12-8-10(9)4-2-3-6-11/h5,7-8H,3,6,11H2,1H3. The van der Waals surface area contributed by atoms with Gasteiger partial charge in [-0.3, -0.25) is 4.98 Å². The maximum atomic E-state index is 5.31. The Morgan fingerprint density at radius 3 is 3.08 bits per heavy atom. The van der Waals surface area contributed by atoms with Gasteiger partial charge < -0.3 is 5.73 Å². The Labute approximate surface area is 72.8 Å². The average Bonchev–Trinajstić information content (AvgIpc) is 2.09. The molecular formula is C10H12N2. The summed E-state index contributed by atoms with van der Waals surface area (Å²) in [6.07, 6.45) is 4.29. The number of aryl methyl sites for hydroxylation is 1. The Hall–Kier alpha value is -1.33. The number of hydrogen-bond donors (Lipinski definition) is 1. The van der Waals surface area contributed by atoms with Gasteiger partial charge in [0.25, 0.3) is 0 Å². The van der Waals surface area contributed by atoms with Crippen LogP contribution in [0.1, 0.15) is 17.5 Å². The van der Waals surface area contributed by atoms with Gasteiger partial charge in [-0.1, -0.05) is 11.8 Å². The number of nitrogens with two attached hydrogens (primary N) is 1. The summed E-state index contributed by atoms with van der Waals surface area (Å²) in [7, 11) is 0. The predicted octanol–water partition coefficient (Wildman–Crippen LogP) is 1.09. The van der Waals surface area contributed by atoms with Crippen LogP contribution in [0, 0.1) is 18.8 Å². The Bertz CT molecular complexity index is 307. The fourth-order valence-corrected chi connectivity index (χ4v) is 0.825. The lowest BCUT2D eigenvalue weighted by Gasteiger charge is -1.93. The van der Waals surface area contributed by atoms with E-state index in [1.165, 1.54) is 0 Å². The molecule has 0 amide bonds. The number of nitrogens with zero attached hydrogens (tertiary/aromatic N) is 1. The van der Waals surface area contributed by atoms with E-state index in [0.717, 1.165) is 17.5 Å². The molecule has 12 heavy (non-hydrogen) atoms. The first-order valence-electron chi connectivity index (χ1n) is 3.94. The number of pyridine rings is 1. The van der Waals surface area contributed by atoms with Gasteiger partial charge in [0.1, 0.15) is 0 Å². The van der Waals surface area contributed by atoms with Crippen molar-refractivity contribution in [3.63, 3.8) is 0 Å². The molecule has 0 saturated carbocycles. The summed E-state index contributed by atoms with van der Waals surface area (Å²) < 4.78 is 0. The summed E-state index contributed by atoms with van der Waals surface area (Å²) in [4.78, 5) is 3.99. The van der Waals surface area contributed by atoms with Crippen molar-refractivity contribution >= 4 is 0 Å². The summed E-state index contributed by atoms with van der Waals surface area (Å²) in [5.74, 6) is 6.00. The molecule has 0 aliphatic carbocycles. The van der Waals surface area contributed by atoms with E-state index < -0.39 is 0 Å². The van der Waals surface area contributed by atoms with Crippen molar-refractivity contribution in [3.05, 3.63) is 29.6 Å². The maximum absolute atomic E-state index is 5.31. The third-order valence-corrected chi connectivity index (χ3v) is 1.53. The average molecular weight is 160 g/mol. The van der Waals surface area contributed by atoms with Gasteiger partial charge in [-0.25, -0.2) is 0 Å². The molecule has 0 unspecified atom stereocenters. The van der Waals surface area contributed by atoms with Crippen molar-refractivity contribution in [2.75, 3.05) is 6.54 Å².